The number of hydrogen-bond acceptors (Lipinski definition) is 3. The van der Waals surface area contributed by atoms with Gasteiger partial charge in [0.2, 0.25) is 0 Å². The van der Waals surface area contributed by atoms with E-state index in [1.54, 1.807) is 6.07 Å². The molecule has 122 valence electrons. The number of rotatable bonds is 4. The highest BCUT2D eigenvalue weighted by molar-refractivity contribution is 6.00. The number of nitrogens with one attached hydrogen (secondary N) is 2. The molecule has 0 heterocycles. The molecular weight excluding hydrogens is 313 g/mol. The van der Waals surface area contributed by atoms with Crippen molar-refractivity contribution in [2.45, 2.75) is 0 Å². The van der Waals surface area contributed by atoms with E-state index in [-0.39, 0.29) is 0 Å². The maximum atomic E-state index is 13.5. The highest BCUT2D eigenvalue weighted by atomic mass is 19.2. The smallest absolute Gasteiger partial charge is 0.323 e. The molecule has 0 atom stereocenters. The van der Waals surface area contributed by atoms with E-state index in [9.17, 15) is 18.0 Å². The van der Waals surface area contributed by atoms with Crippen LogP contribution in [0.15, 0.2) is 30.3 Å². The maximum Gasteiger partial charge on any atom is 0.323 e. The van der Waals surface area contributed by atoms with Crippen LogP contribution in [-0.4, -0.2) is 20.3 Å². The molecule has 0 saturated heterocycles. The molecule has 2 rings (SSSR count). The van der Waals surface area contributed by atoms with Crippen LogP contribution in [0.1, 0.15) is 0 Å². The Morgan fingerprint density at radius 2 is 1.52 bits per heavy atom. The number of ether oxygens (including phenoxy) is 2. The first-order valence-electron chi connectivity index (χ1n) is 6.39. The minimum absolute atomic E-state index is 0.307. The van der Waals surface area contributed by atoms with Gasteiger partial charge in [0.1, 0.15) is 11.5 Å². The molecule has 0 aliphatic rings. The second kappa shape index (κ2) is 6.91. The fourth-order valence-corrected chi connectivity index (χ4v) is 1.79. The Balaban J connectivity index is 2.15. The standard InChI is InChI=1S/C15H13F3N2O3/c1-22-9-5-8(6-10(7-9)23-2)19-15(21)20-12-4-3-11(16)13(17)14(12)18/h3-7H,1-2H3,(H2,19,20,21). The molecular formula is C15H13F3N2O3. The van der Waals surface area contributed by atoms with E-state index in [4.69, 9.17) is 9.47 Å². The molecule has 2 aromatic rings. The second-order valence-corrected chi connectivity index (χ2v) is 4.40. The molecule has 0 aliphatic carbocycles. The third kappa shape index (κ3) is 3.85. The zero-order valence-electron chi connectivity index (χ0n) is 12.2. The molecule has 0 unspecified atom stereocenters. The van der Waals surface area contributed by atoms with Crippen LogP contribution in [0, 0.1) is 17.5 Å². The van der Waals surface area contributed by atoms with Gasteiger partial charge in [0.05, 0.1) is 19.9 Å². The van der Waals surface area contributed by atoms with Crippen LogP contribution in [-0.2, 0) is 0 Å². The summed E-state index contributed by atoms with van der Waals surface area (Å²) in [6, 6.07) is 5.39. The topological polar surface area (TPSA) is 59.6 Å². The lowest BCUT2D eigenvalue weighted by Gasteiger charge is -2.11. The molecule has 0 aliphatic heterocycles. The molecule has 5 nitrogen and oxygen atoms in total. The summed E-state index contributed by atoms with van der Waals surface area (Å²) in [4.78, 5) is 11.8. The van der Waals surface area contributed by atoms with Crippen molar-refractivity contribution in [1.82, 2.24) is 0 Å². The fraction of sp³-hybridized carbons (Fsp3) is 0.133. The average molecular weight is 326 g/mol. The summed E-state index contributed by atoms with van der Waals surface area (Å²) >= 11 is 0. The first kappa shape index (κ1) is 16.5. The van der Waals surface area contributed by atoms with E-state index in [1.165, 1.54) is 26.4 Å². The number of hydrogen-bond donors (Lipinski definition) is 2. The molecule has 0 fully saturated rings. The normalized spacial score (nSPS) is 10.1. The van der Waals surface area contributed by atoms with E-state index in [2.05, 4.69) is 10.6 Å². The lowest BCUT2D eigenvalue weighted by atomic mass is 10.2. The van der Waals surface area contributed by atoms with Gasteiger partial charge in [0.25, 0.3) is 0 Å². The summed E-state index contributed by atoms with van der Waals surface area (Å²) in [6.07, 6.45) is 0. The highest BCUT2D eigenvalue weighted by Gasteiger charge is 2.15. The monoisotopic (exact) mass is 326 g/mol. The van der Waals surface area contributed by atoms with Crippen molar-refractivity contribution in [3.05, 3.63) is 47.8 Å². The van der Waals surface area contributed by atoms with E-state index < -0.39 is 29.2 Å². The minimum atomic E-state index is -1.66. The average Bonchev–Trinajstić information content (AvgIpc) is 2.55. The van der Waals surface area contributed by atoms with Crippen LogP contribution in [0.4, 0.5) is 29.3 Å². The van der Waals surface area contributed by atoms with Gasteiger partial charge in [0.15, 0.2) is 17.5 Å². The zero-order valence-corrected chi connectivity index (χ0v) is 12.2. The van der Waals surface area contributed by atoms with Crippen LogP contribution in [0.5, 0.6) is 11.5 Å². The number of anilines is 2. The summed E-state index contributed by atoms with van der Waals surface area (Å²) in [6.45, 7) is 0. The third-order valence-electron chi connectivity index (χ3n) is 2.89. The number of benzene rings is 2. The van der Waals surface area contributed by atoms with Gasteiger partial charge in [-0.1, -0.05) is 0 Å². The van der Waals surface area contributed by atoms with E-state index in [0.29, 0.717) is 23.3 Å². The molecule has 2 amide bonds. The van der Waals surface area contributed by atoms with Gasteiger partial charge in [-0.05, 0) is 12.1 Å². The Hall–Kier alpha value is -2.90. The molecule has 0 radical (unpaired) electrons. The Morgan fingerprint density at radius 1 is 0.913 bits per heavy atom. The number of amides is 2. The molecule has 0 saturated carbocycles. The number of methoxy groups -OCH3 is 2. The van der Waals surface area contributed by atoms with Gasteiger partial charge >= 0.3 is 6.03 Å². The molecule has 8 heteroatoms. The zero-order chi connectivity index (χ0) is 17.0. The minimum Gasteiger partial charge on any atom is -0.497 e. The largest absolute Gasteiger partial charge is 0.497 e. The van der Waals surface area contributed by atoms with Gasteiger partial charge in [-0.2, -0.15) is 0 Å². The lowest BCUT2D eigenvalue weighted by Crippen LogP contribution is -2.20. The summed E-state index contributed by atoms with van der Waals surface area (Å²) in [7, 11) is 2.88. The van der Waals surface area contributed by atoms with Crippen LogP contribution in [0.25, 0.3) is 0 Å². The van der Waals surface area contributed by atoms with Crippen molar-refractivity contribution in [2.75, 3.05) is 24.9 Å². The van der Waals surface area contributed by atoms with Gasteiger partial charge < -0.3 is 20.1 Å². The number of halogens is 3. The van der Waals surface area contributed by atoms with Crippen LogP contribution in [0.3, 0.4) is 0 Å². The van der Waals surface area contributed by atoms with Crippen molar-refractivity contribution in [3.63, 3.8) is 0 Å². The van der Waals surface area contributed by atoms with Crippen molar-refractivity contribution < 1.29 is 27.4 Å². The van der Waals surface area contributed by atoms with Gasteiger partial charge in [0, 0.05) is 23.9 Å². The van der Waals surface area contributed by atoms with Gasteiger partial charge in [-0.15, -0.1) is 0 Å². The third-order valence-corrected chi connectivity index (χ3v) is 2.89. The second-order valence-electron chi connectivity index (χ2n) is 4.40. The summed E-state index contributed by atoms with van der Waals surface area (Å²) in [5.41, 5.74) is -0.182. The highest BCUT2D eigenvalue weighted by Crippen LogP contribution is 2.26. The van der Waals surface area contributed by atoms with Crippen LogP contribution in [0.2, 0.25) is 0 Å². The summed E-state index contributed by atoms with van der Waals surface area (Å²) < 4.78 is 49.5. The molecule has 0 aromatic heterocycles. The maximum absolute atomic E-state index is 13.5. The van der Waals surface area contributed by atoms with E-state index >= 15 is 0 Å². The molecule has 0 spiro atoms. The summed E-state index contributed by atoms with van der Waals surface area (Å²) in [5, 5.41) is 4.50. The van der Waals surface area contributed by atoms with Gasteiger partial charge in [-0.3, -0.25) is 0 Å². The number of carbonyl (C=O) groups excluding carboxylic acids is 1. The predicted molar refractivity (Wildman–Crippen MR) is 78.5 cm³/mol. The van der Waals surface area contributed by atoms with Crippen molar-refractivity contribution in [1.29, 1.82) is 0 Å². The van der Waals surface area contributed by atoms with E-state index in [0.717, 1.165) is 6.07 Å². The molecule has 2 aromatic carbocycles. The Kier molecular flexibility index (Phi) is 4.95. The van der Waals surface area contributed by atoms with Crippen molar-refractivity contribution in [3.8, 4) is 11.5 Å². The van der Waals surface area contributed by atoms with Crippen LogP contribution >= 0.6 is 0 Å². The quantitative estimate of drug-likeness (QED) is 0.841. The van der Waals surface area contributed by atoms with E-state index in [1.807, 2.05) is 0 Å². The Morgan fingerprint density at radius 3 is 2.09 bits per heavy atom. The van der Waals surface area contributed by atoms with Crippen LogP contribution < -0.4 is 20.1 Å². The van der Waals surface area contributed by atoms with Crippen molar-refractivity contribution in [2.24, 2.45) is 0 Å². The Labute approximate surface area is 130 Å². The molecule has 23 heavy (non-hydrogen) atoms. The predicted octanol–water partition coefficient (Wildman–Crippen LogP) is 3.77. The SMILES string of the molecule is COc1cc(NC(=O)Nc2ccc(F)c(F)c2F)cc(OC)c1. The molecule has 2 N–H and O–H groups in total. The van der Waals surface area contributed by atoms with Crippen molar-refractivity contribution >= 4 is 17.4 Å². The first-order chi connectivity index (χ1) is 10.9. The number of carbonyl (C=O) groups is 1. The Bertz CT molecular complexity index is 716. The number of urea groups is 1. The fourth-order valence-electron chi connectivity index (χ4n) is 1.79. The summed E-state index contributed by atoms with van der Waals surface area (Å²) in [5.74, 6) is -3.63. The molecule has 0 bridgehead atoms. The first-order valence-corrected chi connectivity index (χ1v) is 6.39. The lowest BCUT2D eigenvalue weighted by molar-refractivity contribution is 0.262. The van der Waals surface area contributed by atoms with Gasteiger partial charge in [-0.25, -0.2) is 18.0 Å².